The summed E-state index contributed by atoms with van der Waals surface area (Å²) in [7, 11) is 0. The van der Waals surface area contributed by atoms with E-state index < -0.39 is 0 Å². The van der Waals surface area contributed by atoms with Gasteiger partial charge in [0.2, 0.25) is 0 Å². The van der Waals surface area contributed by atoms with Gasteiger partial charge in [0, 0.05) is 6.20 Å². The highest BCUT2D eigenvalue weighted by atomic mass is 127. The van der Waals surface area contributed by atoms with E-state index in [0.29, 0.717) is 5.82 Å². The maximum Gasteiger partial charge on any atom is 0.155 e. The van der Waals surface area contributed by atoms with Crippen molar-refractivity contribution in [2.75, 3.05) is 5.73 Å². The van der Waals surface area contributed by atoms with Crippen LogP contribution in [0.2, 0.25) is 0 Å². The highest BCUT2D eigenvalue weighted by molar-refractivity contribution is 14.1. The average Bonchev–Trinajstić information content (AvgIpc) is 2.49. The second-order valence-electron chi connectivity index (χ2n) is 2.48. The number of nitrogens with two attached hydrogens (primary N) is 1. The Balaban J connectivity index is 2.53. The van der Waals surface area contributed by atoms with Crippen LogP contribution in [0.5, 0.6) is 0 Å². The Bertz CT molecular complexity index is 409. The molecule has 0 radical (unpaired) electrons. The van der Waals surface area contributed by atoms with E-state index in [2.05, 4.69) is 32.7 Å². The molecule has 0 atom stereocenters. The Morgan fingerprint density at radius 3 is 2.77 bits per heavy atom. The zero-order valence-corrected chi connectivity index (χ0v) is 8.84. The first-order valence-electron chi connectivity index (χ1n) is 3.69. The minimum atomic E-state index is 0.624. The molecule has 0 saturated heterocycles. The number of nitrogens with zero attached hydrogens (tertiary/aromatic N) is 3. The van der Waals surface area contributed by atoms with Gasteiger partial charge in [0.25, 0.3) is 0 Å². The molecule has 2 rings (SSSR count). The fourth-order valence-electron chi connectivity index (χ4n) is 1.000. The lowest BCUT2D eigenvalue weighted by Gasteiger charge is -2.01. The molecule has 0 bridgehead atoms. The second kappa shape index (κ2) is 3.33. The molecule has 66 valence electrons. The summed E-state index contributed by atoms with van der Waals surface area (Å²) in [6, 6.07) is 5.61. The number of halogens is 1. The molecule has 2 aromatic heterocycles. The Hall–Kier alpha value is -1.11. The first kappa shape index (κ1) is 8.49. The van der Waals surface area contributed by atoms with E-state index in [4.69, 9.17) is 5.73 Å². The Kier molecular flexibility index (Phi) is 2.17. The molecule has 2 N–H and O–H groups in total. The lowest BCUT2D eigenvalue weighted by molar-refractivity contribution is 0.857. The van der Waals surface area contributed by atoms with Crippen molar-refractivity contribution < 1.29 is 0 Å². The van der Waals surface area contributed by atoms with Crippen molar-refractivity contribution in [2.45, 2.75) is 0 Å². The van der Waals surface area contributed by atoms with E-state index in [1.54, 1.807) is 17.1 Å². The van der Waals surface area contributed by atoms with Gasteiger partial charge >= 0.3 is 0 Å². The molecule has 5 heteroatoms. The number of anilines is 1. The van der Waals surface area contributed by atoms with Crippen molar-refractivity contribution >= 4 is 28.4 Å². The average molecular weight is 286 g/mol. The van der Waals surface area contributed by atoms with E-state index in [1.165, 1.54) is 0 Å². The van der Waals surface area contributed by atoms with Crippen LogP contribution < -0.4 is 5.73 Å². The van der Waals surface area contributed by atoms with Crippen molar-refractivity contribution in [2.24, 2.45) is 0 Å². The van der Waals surface area contributed by atoms with E-state index in [0.717, 1.165) is 9.39 Å². The van der Waals surface area contributed by atoms with Crippen LogP contribution >= 0.6 is 22.6 Å². The van der Waals surface area contributed by atoms with Crippen molar-refractivity contribution in [1.82, 2.24) is 14.8 Å². The van der Waals surface area contributed by atoms with Crippen LogP contribution in [-0.4, -0.2) is 14.8 Å². The summed E-state index contributed by atoms with van der Waals surface area (Å²) in [5, 5.41) is 4.11. The number of hydrogen-bond acceptors (Lipinski definition) is 3. The smallest absolute Gasteiger partial charge is 0.155 e. The predicted molar refractivity (Wildman–Crippen MR) is 58.5 cm³/mol. The van der Waals surface area contributed by atoms with Gasteiger partial charge in [-0.3, -0.25) is 0 Å². The predicted octanol–water partition coefficient (Wildman–Crippen LogP) is 1.45. The number of nitrogen functional groups attached to an aromatic ring is 1. The van der Waals surface area contributed by atoms with Gasteiger partial charge < -0.3 is 5.73 Å². The van der Waals surface area contributed by atoms with Gasteiger partial charge in [-0.25, -0.2) is 4.98 Å². The summed E-state index contributed by atoms with van der Waals surface area (Å²) in [5.41, 5.74) is 5.79. The number of aromatic nitrogens is 3. The molecule has 0 saturated carbocycles. The highest BCUT2D eigenvalue weighted by Gasteiger charge is 2.05. The van der Waals surface area contributed by atoms with Crippen LogP contribution in [0.4, 0.5) is 5.82 Å². The number of pyridine rings is 1. The van der Waals surface area contributed by atoms with Crippen molar-refractivity contribution in [3.8, 4) is 5.82 Å². The Morgan fingerprint density at radius 1 is 1.38 bits per heavy atom. The molecule has 0 amide bonds. The standard InChI is InChI=1S/C8H7IN4/c9-6-5-12-13(8(6)10)7-3-1-2-4-11-7/h1-5H,10H2. The highest BCUT2D eigenvalue weighted by Crippen LogP contribution is 2.16. The first-order chi connectivity index (χ1) is 6.29. The molecular weight excluding hydrogens is 279 g/mol. The summed E-state index contributed by atoms with van der Waals surface area (Å²) in [6.07, 6.45) is 3.42. The van der Waals surface area contributed by atoms with E-state index in [1.807, 2.05) is 18.2 Å². The fraction of sp³-hybridized carbons (Fsp3) is 0. The molecule has 2 aromatic rings. The van der Waals surface area contributed by atoms with E-state index in [9.17, 15) is 0 Å². The monoisotopic (exact) mass is 286 g/mol. The third-order valence-corrected chi connectivity index (χ3v) is 2.46. The number of hydrogen-bond donors (Lipinski definition) is 1. The minimum Gasteiger partial charge on any atom is -0.383 e. The van der Waals surface area contributed by atoms with Gasteiger partial charge in [-0.05, 0) is 34.7 Å². The van der Waals surface area contributed by atoms with Gasteiger partial charge in [0.15, 0.2) is 5.82 Å². The van der Waals surface area contributed by atoms with Crippen molar-refractivity contribution in [3.05, 3.63) is 34.2 Å². The zero-order valence-electron chi connectivity index (χ0n) is 6.68. The van der Waals surface area contributed by atoms with Gasteiger partial charge in [-0.1, -0.05) is 6.07 Å². The summed E-state index contributed by atoms with van der Waals surface area (Å²) < 4.78 is 2.55. The lowest BCUT2D eigenvalue weighted by atomic mass is 10.5. The maximum atomic E-state index is 5.79. The molecule has 0 aliphatic carbocycles. The van der Waals surface area contributed by atoms with Crippen LogP contribution in [0, 0.1) is 3.57 Å². The molecule has 0 unspecified atom stereocenters. The molecule has 13 heavy (non-hydrogen) atoms. The minimum absolute atomic E-state index is 0.624. The normalized spacial score (nSPS) is 10.2. The molecule has 2 heterocycles. The van der Waals surface area contributed by atoms with Gasteiger partial charge in [-0.15, -0.1) is 0 Å². The zero-order chi connectivity index (χ0) is 9.26. The molecule has 0 spiro atoms. The van der Waals surface area contributed by atoms with E-state index in [-0.39, 0.29) is 0 Å². The number of rotatable bonds is 1. The van der Waals surface area contributed by atoms with Crippen molar-refractivity contribution in [3.63, 3.8) is 0 Å². The topological polar surface area (TPSA) is 56.7 Å². The molecule has 0 aromatic carbocycles. The van der Waals surface area contributed by atoms with Crippen LogP contribution in [0.25, 0.3) is 5.82 Å². The summed E-state index contributed by atoms with van der Waals surface area (Å²) >= 11 is 2.14. The second-order valence-corrected chi connectivity index (χ2v) is 3.64. The SMILES string of the molecule is Nc1c(I)cnn1-c1ccccn1. The largest absolute Gasteiger partial charge is 0.383 e. The van der Waals surface area contributed by atoms with Crippen LogP contribution in [0.1, 0.15) is 0 Å². The molecule has 0 aliphatic rings. The molecule has 0 fully saturated rings. The summed E-state index contributed by atoms with van der Waals surface area (Å²) in [6.45, 7) is 0. The third kappa shape index (κ3) is 1.51. The van der Waals surface area contributed by atoms with Gasteiger partial charge in [0.1, 0.15) is 5.82 Å². The van der Waals surface area contributed by atoms with Crippen LogP contribution in [-0.2, 0) is 0 Å². The van der Waals surface area contributed by atoms with Crippen LogP contribution in [0.15, 0.2) is 30.6 Å². The molecule has 4 nitrogen and oxygen atoms in total. The first-order valence-corrected chi connectivity index (χ1v) is 4.77. The molecule has 0 aliphatic heterocycles. The lowest BCUT2D eigenvalue weighted by Crippen LogP contribution is -2.03. The summed E-state index contributed by atoms with van der Waals surface area (Å²) in [5.74, 6) is 1.36. The van der Waals surface area contributed by atoms with Crippen LogP contribution in [0.3, 0.4) is 0 Å². The van der Waals surface area contributed by atoms with Crippen molar-refractivity contribution in [1.29, 1.82) is 0 Å². The maximum absolute atomic E-state index is 5.79. The van der Waals surface area contributed by atoms with Gasteiger partial charge in [-0.2, -0.15) is 9.78 Å². The quantitative estimate of drug-likeness (QED) is 0.807. The molecular formula is C8H7IN4. The van der Waals surface area contributed by atoms with Gasteiger partial charge in [0.05, 0.1) is 9.77 Å². The fourth-order valence-corrected chi connectivity index (χ4v) is 1.35. The summed E-state index contributed by atoms with van der Waals surface area (Å²) in [4.78, 5) is 4.14. The Labute approximate surface area is 88.9 Å². The third-order valence-electron chi connectivity index (χ3n) is 1.63. The Morgan fingerprint density at radius 2 is 2.23 bits per heavy atom. The van der Waals surface area contributed by atoms with E-state index >= 15 is 0 Å².